The number of carboxylic acid groups (broad SMARTS) is 1. The zero-order valence-electron chi connectivity index (χ0n) is 9.60. The summed E-state index contributed by atoms with van der Waals surface area (Å²) in [7, 11) is 0. The molecule has 1 aromatic heterocycles. The molecule has 0 saturated carbocycles. The molecule has 0 atom stereocenters. The van der Waals surface area contributed by atoms with Crippen LogP contribution in [0.2, 0.25) is 0 Å². The van der Waals surface area contributed by atoms with Crippen molar-refractivity contribution in [3.8, 4) is 0 Å². The van der Waals surface area contributed by atoms with Crippen LogP contribution in [0.4, 0.5) is 0 Å². The number of carbonyl (C=O) groups excluding carboxylic acids is 2. The number of carbonyl (C=O) groups is 3. The van der Waals surface area contributed by atoms with Gasteiger partial charge in [0.15, 0.2) is 5.78 Å². The maximum atomic E-state index is 11.2. The van der Waals surface area contributed by atoms with Crippen LogP contribution in [0, 0.1) is 0 Å². The fraction of sp³-hybridized carbons (Fsp3) is 0.364. The van der Waals surface area contributed by atoms with Gasteiger partial charge in [-0.25, -0.2) is 4.79 Å². The van der Waals surface area contributed by atoms with Gasteiger partial charge in [0.2, 0.25) is 0 Å². The first kappa shape index (κ1) is 13.0. The van der Waals surface area contributed by atoms with Crippen LogP contribution >= 0.6 is 0 Å². The summed E-state index contributed by atoms with van der Waals surface area (Å²) in [6, 6.07) is 1.24. The molecule has 92 valence electrons. The van der Waals surface area contributed by atoms with E-state index in [-0.39, 0.29) is 30.2 Å². The molecule has 0 radical (unpaired) electrons. The van der Waals surface area contributed by atoms with E-state index in [4.69, 9.17) is 9.84 Å². The van der Waals surface area contributed by atoms with Crippen molar-refractivity contribution >= 4 is 17.7 Å². The Bertz CT molecular complexity index is 460. The van der Waals surface area contributed by atoms with Crippen LogP contribution in [-0.4, -0.2) is 34.0 Å². The lowest BCUT2D eigenvalue weighted by Gasteiger charge is -2.05. The largest absolute Gasteiger partial charge is 0.477 e. The smallest absolute Gasteiger partial charge is 0.352 e. The lowest BCUT2D eigenvalue weighted by molar-refractivity contribution is -0.143. The molecule has 1 heterocycles. The number of aromatic carboxylic acids is 1. The summed E-state index contributed by atoms with van der Waals surface area (Å²) < 4.78 is 5.90. The fourth-order valence-corrected chi connectivity index (χ4v) is 1.36. The minimum Gasteiger partial charge on any atom is -0.477 e. The van der Waals surface area contributed by atoms with E-state index in [1.54, 1.807) is 6.92 Å². The van der Waals surface area contributed by atoms with E-state index in [1.165, 1.54) is 23.8 Å². The summed E-state index contributed by atoms with van der Waals surface area (Å²) >= 11 is 0. The highest BCUT2D eigenvalue weighted by Gasteiger charge is 2.16. The molecule has 1 N–H and O–H groups in total. The first-order valence-corrected chi connectivity index (χ1v) is 5.05. The summed E-state index contributed by atoms with van der Waals surface area (Å²) in [5.41, 5.74) is 0.148. The quantitative estimate of drug-likeness (QED) is 0.610. The summed E-state index contributed by atoms with van der Waals surface area (Å²) in [5, 5.41) is 8.92. The molecule has 1 aromatic rings. The molecule has 0 aromatic carbocycles. The van der Waals surface area contributed by atoms with Crippen molar-refractivity contribution in [2.45, 2.75) is 20.4 Å². The van der Waals surface area contributed by atoms with E-state index in [1.807, 2.05) is 0 Å². The molecule has 17 heavy (non-hydrogen) atoms. The lowest BCUT2D eigenvalue weighted by Crippen LogP contribution is -2.16. The van der Waals surface area contributed by atoms with E-state index in [0.717, 1.165) is 0 Å². The second-order valence-electron chi connectivity index (χ2n) is 3.41. The molecule has 0 fully saturated rings. The number of Topliss-reactive ketones (excluding diaryl/α,β-unsaturated/α-hetero) is 1. The second kappa shape index (κ2) is 5.29. The minimum absolute atomic E-state index is 0.108. The Morgan fingerprint density at radius 1 is 1.41 bits per heavy atom. The van der Waals surface area contributed by atoms with Crippen molar-refractivity contribution in [1.29, 1.82) is 0 Å². The number of carboxylic acids is 1. The van der Waals surface area contributed by atoms with Crippen molar-refractivity contribution in [1.82, 2.24) is 4.57 Å². The summed E-state index contributed by atoms with van der Waals surface area (Å²) in [6.07, 6.45) is 1.34. The molecule has 0 bridgehead atoms. The van der Waals surface area contributed by atoms with E-state index in [2.05, 4.69) is 0 Å². The highest BCUT2D eigenvalue weighted by atomic mass is 16.5. The van der Waals surface area contributed by atoms with Crippen molar-refractivity contribution < 1.29 is 24.2 Å². The van der Waals surface area contributed by atoms with Gasteiger partial charge in [-0.2, -0.15) is 0 Å². The Balaban J connectivity index is 3.00. The van der Waals surface area contributed by atoms with Crippen molar-refractivity contribution in [2.75, 3.05) is 6.61 Å². The Morgan fingerprint density at radius 3 is 2.53 bits per heavy atom. The molecule has 0 aliphatic carbocycles. The van der Waals surface area contributed by atoms with Gasteiger partial charge in [0.1, 0.15) is 12.2 Å². The van der Waals surface area contributed by atoms with Gasteiger partial charge in [-0.3, -0.25) is 9.59 Å². The van der Waals surface area contributed by atoms with Crippen LogP contribution in [0.25, 0.3) is 0 Å². The minimum atomic E-state index is -1.19. The molecule has 1 rings (SSSR count). The van der Waals surface area contributed by atoms with Crippen molar-refractivity contribution in [3.63, 3.8) is 0 Å². The molecular formula is C11H13NO5. The van der Waals surface area contributed by atoms with Gasteiger partial charge in [-0.1, -0.05) is 0 Å². The van der Waals surface area contributed by atoms with Crippen LogP contribution in [0.3, 0.4) is 0 Å². The number of esters is 1. The van der Waals surface area contributed by atoms with Gasteiger partial charge in [-0.05, 0) is 19.9 Å². The van der Waals surface area contributed by atoms with Crippen molar-refractivity contribution in [2.24, 2.45) is 0 Å². The summed E-state index contributed by atoms with van der Waals surface area (Å²) in [4.78, 5) is 33.3. The maximum Gasteiger partial charge on any atom is 0.352 e. The van der Waals surface area contributed by atoms with Crippen LogP contribution in [0.1, 0.15) is 34.7 Å². The SMILES string of the molecule is CCOC(=O)Cn1cc(C(C)=O)cc1C(=O)O. The summed E-state index contributed by atoms with van der Waals surface area (Å²) in [6.45, 7) is 2.99. The third kappa shape index (κ3) is 3.17. The zero-order valence-corrected chi connectivity index (χ0v) is 9.60. The van der Waals surface area contributed by atoms with E-state index >= 15 is 0 Å². The number of nitrogens with zero attached hydrogens (tertiary/aromatic N) is 1. The monoisotopic (exact) mass is 239 g/mol. The predicted molar refractivity (Wildman–Crippen MR) is 58.0 cm³/mol. The van der Waals surface area contributed by atoms with Gasteiger partial charge in [0.25, 0.3) is 0 Å². The highest BCUT2D eigenvalue weighted by molar-refractivity contribution is 5.97. The summed E-state index contributed by atoms with van der Waals surface area (Å²) in [5.74, 6) is -1.99. The number of aromatic nitrogens is 1. The van der Waals surface area contributed by atoms with E-state index in [0.29, 0.717) is 0 Å². The fourth-order valence-electron chi connectivity index (χ4n) is 1.36. The molecule has 0 aliphatic heterocycles. The molecule has 0 aliphatic rings. The number of rotatable bonds is 5. The molecule has 6 nitrogen and oxygen atoms in total. The standard InChI is InChI=1S/C11H13NO5/c1-3-17-10(14)6-12-5-8(7(2)13)4-9(12)11(15)16/h4-5H,3,6H2,1-2H3,(H,15,16). The average molecular weight is 239 g/mol. The Kier molecular flexibility index (Phi) is 4.03. The average Bonchev–Trinajstić information content (AvgIpc) is 2.62. The first-order chi connectivity index (χ1) is 7.95. The zero-order chi connectivity index (χ0) is 13.0. The number of ketones is 1. The van der Waals surface area contributed by atoms with Gasteiger partial charge in [-0.15, -0.1) is 0 Å². The van der Waals surface area contributed by atoms with Crippen LogP contribution in [0.5, 0.6) is 0 Å². The van der Waals surface area contributed by atoms with Gasteiger partial charge < -0.3 is 14.4 Å². The maximum absolute atomic E-state index is 11.2. The van der Waals surface area contributed by atoms with Gasteiger partial charge >= 0.3 is 11.9 Å². The first-order valence-electron chi connectivity index (χ1n) is 5.05. The van der Waals surface area contributed by atoms with E-state index < -0.39 is 11.9 Å². The van der Waals surface area contributed by atoms with Crippen LogP contribution in [-0.2, 0) is 16.1 Å². The van der Waals surface area contributed by atoms with Gasteiger partial charge in [0.05, 0.1) is 6.61 Å². The molecule has 0 amide bonds. The number of hydrogen-bond acceptors (Lipinski definition) is 4. The predicted octanol–water partition coefficient (Wildman–Crippen LogP) is 0.952. The Morgan fingerprint density at radius 2 is 2.06 bits per heavy atom. The Labute approximate surface area is 97.8 Å². The Hall–Kier alpha value is -2.11. The van der Waals surface area contributed by atoms with Crippen molar-refractivity contribution in [3.05, 3.63) is 23.5 Å². The van der Waals surface area contributed by atoms with Gasteiger partial charge in [0, 0.05) is 11.8 Å². The third-order valence-electron chi connectivity index (χ3n) is 2.13. The highest BCUT2D eigenvalue weighted by Crippen LogP contribution is 2.10. The number of ether oxygens (including phenoxy) is 1. The van der Waals surface area contributed by atoms with Crippen LogP contribution in [0.15, 0.2) is 12.3 Å². The molecule has 0 spiro atoms. The number of hydrogen-bond donors (Lipinski definition) is 1. The molecule has 0 saturated heterocycles. The molecule has 0 unspecified atom stereocenters. The molecular weight excluding hydrogens is 226 g/mol. The molecule has 6 heteroatoms. The normalized spacial score (nSPS) is 10.0. The van der Waals surface area contributed by atoms with Crippen LogP contribution < -0.4 is 0 Å². The lowest BCUT2D eigenvalue weighted by atomic mass is 10.2. The third-order valence-corrected chi connectivity index (χ3v) is 2.13. The topological polar surface area (TPSA) is 85.6 Å². The van der Waals surface area contributed by atoms with E-state index in [9.17, 15) is 14.4 Å². The second-order valence-corrected chi connectivity index (χ2v) is 3.41.